The van der Waals surface area contributed by atoms with Gasteiger partial charge in [-0.3, -0.25) is 9.59 Å². The van der Waals surface area contributed by atoms with E-state index in [1.807, 2.05) is 25.1 Å². The number of amides is 2. The van der Waals surface area contributed by atoms with Gasteiger partial charge in [-0.15, -0.1) is 0 Å². The summed E-state index contributed by atoms with van der Waals surface area (Å²) in [5.74, 6) is 0.343. The fourth-order valence-corrected chi connectivity index (χ4v) is 1.65. The van der Waals surface area contributed by atoms with Crippen LogP contribution in [0.2, 0.25) is 0 Å². The zero-order valence-electron chi connectivity index (χ0n) is 11.5. The third kappa shape index (κ3) is 4.99. The molecule has 1 aromatic carbocycles. The molecule has 0 spiro atoms. The highest BCUT2D eigenvalue weighted by Gasteiger charge is 2.14. The molecule has 0 aliphatic rings. The molecule has 0 aliphatic carbocycles. The molecule has 2 amide bonds. The van der Waals surface area contributed by atoms with Gasteiger partial charge in [0, 0.05) is 6.54 Å². The van der Waals surface area contributed by atoms with Gasteiger partial charge in [-0.2, -0.15) is 0 Å². The van der Waals surface area contributed by atoms with Crippen molar-refractivity contribution >= 4 is 11.8 Å². The number of ether oxygens (including phenoxy) is 1. The molecule has 0 radical (unpaired) electrons. The minimum Gasteiger partial charge on any atom is -0.497 e. The van der Waals surface area contributed by atoms with E-state index in [1.165, 1.54) is 0 Å². The molecule has 1 rings (SSSR count). The quantitative estimate of drug-likeness (QED) is 0.801. The van der Waals surface area contributed by atoms with Crippen molar-refractivity contribution in [1.29, 1.82) is 0 Å². The molecule has 2 N–H and O–H groups in total. The fraction of sp³-hybridized carbons (Fsp3) is 0.429. The van der Waals surface area contributed by atoms with Crippen molar-refractivity contribution < 1.29 is 14.3 Å². The number of nitrogens with one attached hydrogen (secondary N) is 2. The molecule has 1 atom stereocenters. The van der Waals surface area contributed by atoms with E-state index < -0.39 is 6.04 Å². The average Bonchev–Trinajstić information content (AvgIpc) is 2.39. The first-order chi connectivity index (χ1) is 9.06. The summed E-state index contributed by atoms with van der Waals surface area (Å²) in [7, 11) is 1.58. The van der Waals surface area contributed by atoms with Crippen LogP contribution in [0.4, 0.5) is 0 Å². The van der Waals surface area contributed by atoms with Crippen LogP contribution in [-0.4, -0.2) is 31.5 Å². The Morgan fingerprint density at radius 1 is 1.37 bits per heavy atom. The zero-order chi connectivity index (χ0) is 14.3. The fourth-order valence-electron chi connectivity index (χ4n) is 1.65. The van der Waals surface area contributed by atoms with E-state index in [4.69, 9.17) is 4.74 Å². The Kier molecular flexibility index (Phi) is 5.85. The molecule has 1 aromatic rings. The highest BCUT2D eigenvalue weighted by molar-refractivity contribution is 5.88. The number of hydrogen-bond acceptors (Lipinski definition) is 3. The van der Waals surface area contributed by atoms with Crippen LogP contribution in [0.15, 0.2) is 24.3 Å². The van der Waals surface area contributed by atoms with Crippen LogP contribution in [-0.2, 0) is 16.0 Å². The predicted octanol–water partition coefficient (Wildman–Crippen LogP) is 0.878. The molecule has 0 saturated carbocycles. The van der Waals surface area contributed by atoms with Gasteiger partial charge in [0.2, 0.25) is 11.8 Å². The van der Waals surface area contributed by atoms with Crippen molar-refractivity contribution in [1.82, 2.24) is 10.6 Å². The van der Waals surface area contributed by atoms with E-state index in [0.29, 0.717) is 12.3 Å². The summed E-state index contributed by atoms with van der Waals surface area (Å²) < 4.78 is 5.09. The summed E-state index contributed by atoms with van der Waals surface area (Å²) in [4.78, 5) is 23.3. The lowest BCUT2D eigenvalue weighted by Gasteiger charge is -2.13. The SMILES string of the molecule is CCNC(=O)[C@@H](C)NC(=O)Cc1cccc(OC)c1. The monoisotopic (exact) mass is 264 g/mol. The van der Waals surface area contributed by atoms with Crippen molar-refractivity contribution in [2.75, 3.05) is 13.7 Å². The third-order valence-electron chi connectivity index (χ3n) is 2.62. The maximum Gasteiger partial charge on any atom is 0.242 e. The molecule has 0 saturated heterocycles. The molecule has 0 unspecified atom stereocenters. The second kappa shape index (κ2) is 7.41. The van der Waals surface area contributed by atoms with Gasteiger partial charge >= 0.3 is 0 Å². The number of benzene rings is 1. The highest BCUT2D eigenvalue weighted by atomic mass is 16.5. The second-order valence-corrected chi connectivity index (χ2v) is 4.21. The standard InChI is InChI=1S/C14H20N2O3/c1-4-15-14(18)10(2)16-13(17)9-11-6-5-7-12(8-11)19-3/h5-8,10H,4,9H2,1-3H3,(H,15,18)(H,16,17)/t10-/m1/s1. The van der Waals surface area contributed by atoms with Crippen molar-refractivity contribution in [2.24, 2.45) is 0 Å². The van der Waals surface area contributed by atoms with Gasteiger partial charge in [0.1, 0.15) is 11.8 Å². The minimum absolute atomic E-state index is 0.179. The summed E-state index contributed by atoms with van der Waals surface area (Å²) in [6.07, 6.45) is 0.223. The van der Waals surface area contributed by atoms with Crippen LogP contribution in [0, 0.1) is 0 Å². The molecular formula is C14H20N2O3. The van der Waals surface area contributed by atoms with Crippen LogP contribution in [0.1, 0.15) is 19.4 Å². The van der Waals surface area contributed by atoms with E-state index in [2.05, 4.69) is 10.6 Å². The number of carbonyl (C=O) groups excluding carboxylic acids is 2. The molecule has 0 aromatic heterocycles. The summed E-state index contributed by atoms with van der Waals surface area (Å²) >= 11 is 0. The number of rotatable bonds is 6. The smallest absolute Gasteiger partial charge is 0.242 e. The molecular weight excluding hydrogens is 244 g/mol. The van der Waals surface area contributed by atoms with Crippen LogP contribution in [0.25, 0.3) is 0 Å². The van der Waals surface area contributed by atoms with E-state index in [9.17, 15) is 9.59 Å². The lowest BCUT2D eigenvalue weighted by molar-refractivity contribution is -0.128. The summed E-state index contributed by atoms with van der Waals surface area (Å²) in [6.45, 7) is 4.05. The van der Waals surface area contributed by atoms with Gasteiger partial charge in [0.25, 0.3) is 0 Å². The lowest BCUT2D eigenvalue weighted by Crippen LogP contribution is -2.45. The highest BCUT2D eigenvalue weighted by Crippen LogP contribution is 2.12. The van der Waals surface area contributed by atoms with Crippen molar-refractivity contribution in [3.05, 3.63) is 29.8 Å². The maximum atomic E-state index is 11.8. The number of carbonyl (C=O) groups is 2. The van der Waals surface area contributed by atoms with E-state index >= 15 is 0 Å². The van der Waals surface area contributed by atoms with E-state index in [1.54, 1.807) is 20.1 Å². The summed E-state index contributed by atoms with van der Waals surface area (Å²) in [6, 6.07) is 6.76. The largest absolute Gasteiger partial charge is 0.497 e. The Morgan fingerprint density at radius 2 is 2.11 bits per heavy atom. The molecule has 0 bridgehead atoms. The molecule has 5 nitrogen and oxygen atoms in total. The van der Waals surface area contributed by atoms with Crippen molar-refractivity contribution in [3.63, 3.8) is 0 Å². The number of hydrogen-bond donors (Lipinski definition) is 2. The van der Waals surface area contributed by atoms with Crippen molar-refractivity contribution in [2.45, 2.75) is 26.3 Å². The topological polar surface area (TPSA) is 67.4 Å². The normalized spacial score (nSPS) is 11.5. The van der Waals surface area contributed by atoms with Gasteiger partial charge in [-0.05, 0) is 31.5 Å². The molecule has 0 aliphatic heterocycles. The first kappa shape index (κ1) is 15.0. The first-order valence-corrected chi connectivity index (χ1v) is 6.26. The Hall–Kier alpha value is -2.04. The predicted molar refractivity (Wildman–Crippen MR) is 73.0 cm³/mol. The lowest BCUT2D eigenvalue weighted by atomic mass is 10.1. The molecule has 5 heteroatoms. The van der Waals surface area contributed by atoms with Crippen LogP contribution >= 0.6 is 0 Å². The van der Waals surface area contributed by atoms with E-state index in [-0.39, 0.29) is 18.2 Å². The zero-order valence-corrected chi connectivity index (χ0v) is 11.5. The second-order valence-electron chi connectivity index (χ2n) is 4.21. The number of methoxy groups -OCH3 is 1. The van der Waals surface area contributed by atoms with Gasteiger partial charge in [0.05, 0.1) is 13.5 Å². The molecule has 0 heterocycles. The van der Waals surface area contributed by atoms with Gasteiger partial charge in [-0.1, -0.05) is 12.1 Å². The van der Waals surface area contributed by atoms with Crippen molar-refractivity contribution in [3.8, 4) is 5.75 Å². The Bertz CT molecular complexity index is 446. The molecule has 0 fully saturated rings. The molecule has 104 valence electrons. The summed E-state index contributed by atoms with van der Waals surface area (Å²) in [5.41, 5.74) is 0.847. The minimum atomic E-state index is -0.530. The third-order valence-corrected chi connectivity index (χ3v) is 2.62. The Balaban J connectivity index is 2.52. The van der Waals surface area contributed by atoms with Gasteiger partial charge < -0.3 is 15.4 Å². The summed E-state index contributed by atoms with van der Waals surface area (Å²) in [5, 5.41) is 5.32. The first-order valence-electron chi connectivity index (χ1n) is 6.26. The van der Waals surface area contributed by atoms with Gasteiger partial charge in [0.15, 0.2) is 0 Å². The Labute approximate surface area is 113 Å². The van der Waals surface area contributed by atoms with E-state index in [0.717, 1.165) is 5.56 Å². The van der Waals surface area contributed by atoms with Crippen LogP contribution < -0.4 is 15.4 Å². The van der Waals surface area contributed by atoms with Crippen LogP contribution in [0.3, 0.4) is 0 Å². The molecule has 19 heavy (non-hydrogen) atoms. The average molecular weight is 264 g/mol. The Morgan fingerprint density at radius 3 is 2.74 bits per heavy atom. The van der Waals surface area contributed by atoms with Crippen LogP contribution in [0.5, 0.6) is 5.75 Å². The van der Waals surface area contributed by atoms with Gasteiger partial charge in [-0.25, -0.2) is 0 Å². The number of likely N-dealkylation sites (N-methyl/N-ethyl adjacent to an activating group) is 1. The maximum absolute atomic E-state index is 11.8.